The predicted octanol–water partition coefficient (Wildman–Crippen LogP) is 2.12. The molecule has 0 radical (unpaired) electrons. The van der Waals surface area contributed by atoms with Crippen LogP contribution in [0.15, 0.2) is 24.4 Å². The molecule has 0 unspecified atom stereocenters. The summed E-state index contributed by atoms with van der Waals surface area (Å²) >= 11 is 5.96. The van der Waals surface area contributed by atoms with E-state index in [1.54, 1.807) is 12.3 Å². The lowest BCUT2D eigenvalue weighted by Crippen LogP contribution is -2.07. The molecule has 0 amide bonds. The summed E-state index contributed by atoms with van der Waals surface area (Å²) in [6.45, 7) is 1.43. The van der Waals surface area contributed by atoms with Crippen LogP contribution in [0, 0.1) is 0 Å². The first-order valence-corrected chi connectivity index (χ1v) is 6.06. The summed E-state index contributed by atoms with van der Waals surface area (Å²) in [5, 5.41) is 10.1. The van der Waals surface area contributed by atoms with Crippen LogP contribution in [0.1, 0.15) is 10.4 Å². The zero-order valence-electron chi connectivity index (χ0n) is 9.80. The van der Waals surface area contributed by atoms with E-state index in [-0.39, 0.29) is 6.61 Å². The Labute approximate surface area is 110 Å². The van der Waals surface area contributed by atoms with E-state index < -0.39 is 0 Å². The molecule has 4 nitrogen and oxygen atoms in total. The van der Waals surface area contributed by atoms with E-state index in [1.165, 1.54) is 0 Å². The van der Waals surface area contributed by atoms with E-state index in [0.29, 0.717) is 30.3 Å². The molecule has 1 heterocycles. The predicted molar refractivity (Wildman–Crippen MR) is 70.2 cm³/mol. The van der Waals surface area contributed by atoms with Gasteiger partial charge >= 0.3 is 0 Å². The quantitative estimate of drug-likeness (QED) is 0.644. The van der Waals surface area contributed by atoms with Crippen LogP contribution >= 0.6 is 11.6 Å². The number of carbonyl (C=O) groups excluding carboxylic acids is 1. The lowest BCUT2D eigenvalue weighted by Gasteiger charge is -2.06. The molecular weight excluding hydrogens is 254 g/mol. The van der Waals surface area contributed by atoms with Gasteiger partial charge in [0.1, 0.15) is 0 Å². The minimum Gasteiger partial charge on any atom is -0.394 e. The average molecular weight is 268 g/mol. The maximum Gasteiger partial charge on any atom is 0.152 e. The van der Waals surface area contributed by atoms with Gasteiger partial charge < -0.3 is 14.4 Å². The second-order valence-electron chi connectivity index (χ2n) is 3.89. The Bertz CT molecular complexity index is 550. The highest BCUT2D eigenvalue weighted by Crippen LogP contribution is 2.23. The molecule has 0 aliphatic rings. The van der Waals surface area contributed by atoms with Gasteiger partial charge in [-0.25, -0.2) is 0 Å². The number of nitrogens with zero attached hydrogens (tertiary/aromatic N) is 1. The molecule has 96 valence electrons. The largest absolute Gasteiger partial charge is 0.394 e. The second kappa shape index (κ2) is 6.00. The summed E-state index contributed by atoms with van der Waals surface area (Å²) in [4.78, 5) is 11.0. The summed E-state index contributed by atoms with van der Waals surface area (Å²) in [7, 11) is 0. The number of benzene rings is 1. The van der Waals surface area contributed by atoms with Crippen LogP contribution in [0.2, 0.25) is 5.02 Å². The van der Waals surface area contributed by atoms with Crippen LogP contribution < -0.4 is 0 Å². The van der Waals surface area contributed by atoms with Gasteiger partial charge in [-0.1, -0.05) is 17.7 Å². The first-order chi connectivity index (χ1) is 8.76. The number of hydrogen-bond acceptors (Lipinski definition) is 3. The monoisotopic (exact) mass is 267 g/mol. The van der Waals surface area contributed by atoms with Gasteiger partial charge in [0, 0.05) is 28.7 Å². The molecule has 0 atom stereocenters. The van der Waals surface area contributed by atoms with Crippen LogP contribution in [-0.2, 0) is 11.3 Å². The second-order valence-corrected chi connectivity index (χ2v) is 4.33. The molecule has 1 aromatic heterocycles. The van der Waals surface area contributed by atoms with Gasteiger partial charge in [-0.3, -0.25) is 4.79 Å². The van der Waals surface area contributed by atoms with E-state index in [2.05, 4.69) is 0 Å². The Morgan fingerprint density at radius 2 is 2.22 bits per heavy atom. The summed E-state index contributed by atoms with van der Waals surface area (Å²) in [6.07, 6.45) is 2.62. The molecular formula is C13H14ClNO3. The van der Waals surface area contributed by atoms with Crippen LogP contribution in [0.5, 0.6) is 0 Å². The van der Waals surface area contributed by atoms with Crippen molar-refractivity contribution in [3.8, 4) is 0 Å². The Hall–Kier alpha value is -1.36. The summed E-state index contributed by atoms with van der Waals surface area (Å²) in [5.41, 5.74) is 1.56. The van der Waals surface area contributed by atoms with E-state index >= 15 is 0 Å². The molecule has 0 saturated heterocycles. The van der Waals surface area contributed by atoms with Gasteiger partial charge in [0.05, 0.1) is 25.3 Å². The molecule has 0 aliphatic carbocycles. The maximum absolute atomic E-state index is 11.0. The van der Waals surface area contributed by atoms with Crippen molar-refractivity contribution in [1.29, 1.82) is 0 Å². The third-order valence-electron chi connectivity index (χ3n) is 2.71. The Kier molecular flexibility index (Phi) is 4.36. The number of aldehydes is 1. The van der Waals surface area contributed by atoms with Crippen molar-refractivity contribution in [3.63, 3.8) is 0 Å². The molecule has 2 rings (SSSR count). The highest BCUT2D eigenvalue weighted by molar-refractivity contribution is 6.31. The number of fused-ring (bicyclic) bond motifs is 1. The summed E-state index contributed by atoms with van der Waals surface area (Å²) in [5.74, 6) is 0. The number of ether oxygens (including phenoxy) is 1. The molecule has 0 saturated carbocycles. The van der Waals surface area contributed by atoms with Crippen molar-refractivity contribution in [3.05, 3.63) is 35.0 Å². The van der Waals surface area contributed by atoms with Crippen LogP contribution in [0.4, 0.5) is 0 Å². The summed E-state index contributed by atoms with van der Waals surface area (Å²) in [6, 6.07) is 5.44. The third-order valence-corrected chi connectivity index (χ3v) is 2.95. The van der Waals surface area contributed by atoms with E-state index in [0.717, 1.165) is 17.2 Å². The zero-order valence-corrected chi connectivity index (χ0v) is 10.6. The first-order valence-electron chi connectivity index (χ1n) is 5.68. The van der Waals surface area contributed by atoms with Gasteiger partial charge in [0.25, 0.3) is 0 Å². The maximum atomic E-state index is 11.0. The van der Waals surface area contributed by atoms with Gasteiger partial charge in [-0.2, -0.15) is 0 Å². The lowest BCUT2D eigenvalue weighted by molar-refractivity contribution is 0.0875. The fourth-order valence-electron chi connectivity index (χ4n) is 1.90. The molecule has 18 heavy (non-hydrogen) atoms. The number of aliphatic hydroxyl groups is 1. The highest BCUT2D eigenvalue weighted by Gasteiger charge is 2.08. The molecule has 0 spiro atoms. The van der Waals surface area contributed by atoms with Gasteiger partial charge in [-0.15, -0.1) is 0 Å². The SMILES string of the molecule is O=Cc1cn(CCOCCO)c2cc(Cl)ccc12. The highest BCUT2D eigenvalue weighted by atomic mass is 35.5. The molecule has 1 N–H and O–H groups in total. The van der Waals surface area contributed by atoms with Gasteiger partial charge in [0.2, 0.25) is 0 Å². The Morgan fingerprint density at radius 3 is 2.94 bits per heavy atom. The van der Waals surface area contributed by atoms with Crippen molar-refractivity contribution in [1.82, 2.24) is 4.57 Å². The van der Waals surface area contributed by atoms with E-state index in [4.69, 9.17) is 21.4 Å². The smallest absolute Gasteiger partial charge is 0.152 e. The number of hydrogen-bond donors (Lipinski definition) is 1. The molecule has 0 fully saturated rings. The van der Waals surface area contributed by atoms with Gasteiger partial charge in [-0.05, 0) is 12.1 Å². The third kappa shape index (κ3) is 2.72. The van der Waals surface area contributed by atoms with Crippen molar-refractivity contribution in [2.24, 2.45) is 0 Å². The normalized spacial score (nSPS) is 11.0. The fourth-order valence-corrected chi connectivity index (χ4v) is 2.07. The van der Waals surface area contributed by atoms with Crippen LogP contribution in [0.25, 0.3) is 10.9 Å². The zero-order chi connectivity index (χ0) is 13.0. The molecule has 0 bridgehead atoms. The number of aromatic nitrogens is 1. The number of aliphatic hydroxyl groups excluding tert-OH is 1. The van der Waals surface area contributed by atoms with E-state index in [9.17, 15) is 4.79 Å². The minimum absolute atomic E-state index is 0.0117. The lowest BCUT2D eigenvalue weighted by atomic mass is 10.2. The molecule has 5 heteroatoms. The Balaban J connectivity index is 2.26. The molecule has 2 aromatic rings. The Morgan fingerprint density at radius 1 is 1.39 bits per heavy atom. The number of carbonyl (C=O) groups is 1. The van der Waals surface area contributed by atoms with Crippen molar-refractivity contribution in [2.75, 3.05) is 19.8 Å². The van der Waals surface area contributed by atoms with E-state index in [1.807, 2.05) is 16.7 Å². The van der Waals surface area contributed by atoms with Crippen molar-refractivity contribution in [2.45, 2.75) is 6.54 Å². The number of rotatable bonds is 6. The molecule has 0 aliphatic heterocycles. The standard InChI is InChI=1S/C13H14ClNO3/c14-11-1-2-12-10(9-17)8-15(13(12)7-11)3-5-18-6-4-16/h1-2,7-9,16H,3-6H2. The minimum atomic E-state index is 0.0117. The van der Waals surface area contributed by atoms with Crippen LogP contribution in [-0.4, -0.2) is 35.8 Å². The summed E-state index contributed by atoms with van der Waals surface area (Å²) < 4.78 is 7.15. The first kappa shape index (κ1) is 13.1. The van der Waals surface area contributed by atoms with Gasteiger partial charge in [0.15, 0.2) is 6.29 Å². The number of halogens is 1. The van der Waals surface area contributed by atoms with Crippen LogP contribution in [0.3, 0.4) is 0 Å². The van der Waals surface area contributed by atoms with Crippen molar-refractivity contribution < 1.29 is 14.6 Å². The average Bonchev–Trinajstić information content (AvgIpc) is 2.72. The fraction of sp³-hybridized carbons (Fsp3) is 0.308. The topological polar surface area (TPSA) is 51.5 Å². The molecule has 1 aromatic carbocycles. The van der Waals surface area contributed by atoms with Crippen molar-refractivity contribution >= 4 is 28.8 Å².